The van der Waals surface area contributed by atoms with Gasteiger partial charge in [-0.3, -0.25) is 19.4 Å². The van der Waals surface area contributed by atoms with Gasteiger partial charge in [-0.2, -0.15) is 0 Å². The van der Waals surface area contributed by atoms with E-state index in [-0.39, 0.29) is 17.6 Å². The molecule has 6 heteroatoms. The number of piperazine rings is 1. The van der Waals surface area contributed by atoms with Gasteiger partial charge in [0.2, 0.25) is 0 Å². The average molecular weight is 387 g/mol. The molecule has 1 aromatic heterocycles. The van der Waals surface area contributed by atoms with Crippen LogP contribution < -0.4 is 0 Å². The molecule has 2 heterocycles. The molecule has 1 aliphatic rings. The van der Waals surface area contributed by atoms with Gasteiger partial charge in [-0.15, -0.1) is 0 Å². The second-order valence-electron chi connectivity index (χ2n) is 7.21. The minimum absolute atomic E-state index is 0.0623. The van der Waals surface area contributed by atoms with Crippen LogP contribution in [-0.4, -0.2) is 58.1 Å². The lowest BCUT2D eigenvalue weighted by atomic mass is 10.1. The third kappa shape index (κ3) is 3.74. The quantitative estimate of drug-likeness (QED) is 0.512. The van der Waals surface area contributed by atoms with E-state index in [1.54, 1.807) is 29.3 Å². The van der Waals surface area contributed by atoms with Crippen molar-refractivity contribution in [3.8, 4) is 0 Å². The van der Waals surface area contributed by atoms with Crippen LogP contribution >= 0.6 is 0 Å². The van der Waals surface area contributed by atoms with Gasteiger partial charge < -0.3 is 9.80 Å². The van der Waals surface area contributed by atoms with Crippen molar-refractivity contribution in [2.75, 3.05) is 19.6 Å². The number of fused-ring (bicyclic) bond motifs is 1. The van der Waals surface area contributed by atoms with Gasteiger partial charge in [0.25, 0.3) is 17.6 Å². The van der Waals surface area contributed by atoms with Crippen LogP contribution in [0.3, 0.4) is 0 Å². The van der Waals surface area contributed by atoms with Gasteiger partial charge in [-0.05, 0) is 30.5 Å². The maximum Gasteiger partial charge on any atom is 0.296 e. The van der Waals surface area contributed by atoms with Crippen molar-refractivity contribution in [2.24, 2.45) is 0 Å². The van der Waals surface area contributed by atoms with Crippen molar-refractivity contribution in [3.05, 3.63) is 78.1 Å². The van der Waals surface area contributed by atoms with E-state index < -0.39 is 11.7 Å². The summed E-state index contributed by atoms with van der Waals surface area (Å²) in [6.45, 7) is 2.91. The highest BCUT2D eigenvalue weighted by Crippen LogP contribution is 2.17. The number of amides is 2. The summed E-state index contributed by atoms with van der Waals surface area (Å²) in [4.78, 5) is 45.6. The van der Waals surface area contributed by atoms with Gasteiger partial charge in [-0.25, -0.2) is 0 Å². The molecular weight excluding hydrogens is 366 g/mol. The monoisotopic (exact) mass is 387 g/mol. The Balaban J connectivity index is 1.46. The first-order chi connectivity index (χ1) is 14.0. The van der Waals surface area contributed by atoms with Crippen molar-refractivity contribution in [2.45, 2.75) is 13.0 Å². The van der Waals surface area contributed by atoms with Crippen LogP contribution in [0.1, 0.15) is 27.8 Å². The number of carbonyl (C=O) groups is 3. The number of nitrogens with zero attached hydrogens (tertiary/aromatic N) is 3. The lowest BCUT2D eigenvalue weighted by Crippen LogP contribution is -2.56. The molecule has 1 atom stereocenters. The second kappa shape index (κ2) is 7.83. The molecule has 146 valence electrons. The average Bonchev–Trinajstić information content (AvgIpc) is 2.77. The Hall–Kier alpha value is -3.54. The van der Waals surface area contributed by atoms with Gasteiger partial charge in [0.1, 0.15) is 5.69 Å². The van der Waals surface area contributed by atoms with Crippen LogP contribution in [0.5, 0.6) is 0 Å². The number of hydrogen-bond donors (Lipinski definition) is 0. The van der Waals surface area contributed by atoms with E-state index in [1.165, 1.54) is 4.90 Å². The maximum atomic E-state index is 12.8. The predicted octanol–water partition coefficient (Wildman–Crippen LogP) is 2.79. The largest absolute Gasteiger partial charge is 0.332 e. The van der Waals surface area contributed by atoms with Crippen molar-refractivity contribution in [1.29, 1.82) is 0 Å². The molecule has 0 bridgehead atoms. The van der Waals surface area contributed by atoms with Crippen molar-refractivity contribution < 1.29 is 14.4 Å². The number of carbonyl (C=O) groups excluding carboxylic acids is 3. The van der Waals surface area contributed by atoms with Gasteiger partial charge in [-0.1, -0.05) is 42.5 Å². The summed E-state index contributed by atoms with van der Waals surface area (Å²) in [5, 5.41) is 1.78. The summed E-state index contributed by atoms with van der Waals surface area (Å²) in [6, 6.07) is 18.1. The molecule has 0 N–H and O–H groups in total. The highest BCUT2D eigenvalue weighted by Gasteiger charge is 2.33. The lowest BCUT2D eigenvalue weighted by Gasteiger charge is -2.39. The molecule has 6 nitrogen and oxygen atoms in total. The normalized spacial score (nSPS) is 16.7. The summed E-state index contributed by atoms with van der Waals surface area (Å²) in [5.74, 6) is -1.26. The summed E-state index contributed by atoms with van der Waals surface area (Å²) < 4.78 is 0. The summed E-state index contributed by atoms with van der Waals surface area (Å²) in [5.41, 5.74) is 0.764. The SMILES string of the molecule is C[C@H]1CN(C(=O)C(=O)c2cc3ccccc3cn2)CCN1C(=O)c1ccccc1. The Labute approximate surface area is 168 Å². The Morgan fingerprint density at radius 2 is 1.62 bits per heavy atom. The van der Waals surface area contributed by atoms with Crippen LogP contribution in [0, 0.1) is 0 Å². The number of ketones is 1. The Morgan fingerprint density at radius 1 is 0.931 bits per heavy atom. The number of aromatic nitrogens is 1. The highest BCUT2D eigenvalue weighted by molar-refractivity contribution is 6.42. The Kier molecular flexibility index (Phi) is 5.08. The molecule has 0 aliphatic carbocycles. The maximum absolute atomic E-state index is 12.8. The molecular formula is C23H21N3O3. The van der Waals surface area contributed by atoms with E-state index in [1.807, 2.05) is 49.4 Å². The van der Waals surface area contributed by atoms with E-state index >= 15 is 0 Å². The summed E-state index contributed by atoms with van der Waals surface area (Å²) in [6.07, 6.45) is 1.61. The van der Waals surface area contributed by atoms with Gasteiger partial charge in [0.05, 0.1) is 0 Å². The topological polar surface area (TPSA) is 70.6 Å². The molecule has 4 rings (SSSR count). The lowest BCUT2D eigenvalue weighted by molar-refractivity contribution is -0.128. The minimum atomic E-state index is -0.620. The van der Waals surface area contributed by atoms with E-state index in [4.69, 9.17) is 0 Å². The van der Waals surface area contributed by atoms with Crippen molar-refractivity contribution in [3.63, 3.8) is 0 Å². The molecule has 1 saturated heterocycles. The first kappa shape index (κ1) is 18.8. The number of pyridine rings is 1. The second-order valence-corrected chi connectivity index (χ2v) is 7.21. The first-order valence-electron chi connectivity index (χ1n) is 9.59. The highest BCUT2D eigenvalue weighted by atomic mass is 16.2. The van der Waals surface area contributed by atoms with E-state index in [0.29, 0.717) is 25.2 Å². The van der Waals surface area contributed by atoms with Crippen LogP contribution in [0.4, 0.5) is 0 Å². The summed E-state index contributed by atoms with van der Waals surface area (Å²) in [7, 11) is 0. The van der Waals surface area contributed by atoms with Gasteiger partial charge in [0.15, 0.2) is 0 Å². The molecule has 0 spiro atoms. The molecule has 0 radical (unpaired) electrons. The molecule has 1 fully saturated rings. The number of rotatable bonds is 3. The molecule has 0 unspecified atom stereocenters. The van der Waals surface area contributed by atoms with Crippen LogP contribution in [0.25, 0.3) is 10.8 Å². The van der Waals surface area contributed by atoms with E-state index in [2.05, 4.69) is 4.98 Å². The minimum Gasteiger partial charge on any atom is -0.332 e. The van der Waals surface area contributed by atoms with Crippen LogP contribution in [0.15, 0.2) is 66.9 Å². The molecule has 3 aromatic rings. The molecule has 1 aliphatic heterocycles. The third-order valence-electron chi connectivity index (χ3n) is 5.25. The molecule has 29 heavy (non-hydrogen) atoms. The molecule has 2 amide bonds. The molecule has 0 saturated carbocycles. The van der Waals surface area contributed by atoms with Crippen LogP contribution in [0.2, 0.25) is 0 Å². The van der Waals surface area contributed by atoms with E-state index in [9.17, 15) is 14.4 Å². The third-order valence-corrected chi connectivity index (χ3v) is 5.25. The van der Waals surface area contributed by atoms with E-state index in [0.717, 1.165) is 10.8 Å². The standard InChI is InChI=1S/C23H21N3O3/c1-16-15-25(11-12-26(16)22(28)17-7-3-2-4-8-17)23(29)21(27)20-13-18-9-5-6-10-19(18)14-24-20/h2-10,13-14,16H,11-12,15H2,1H3/t16-/m0/s1. The van der Waals surface area contributed by atoms with Crippen LogP contribution in [-0.2, 0) is 4.79 Å². The zero-order valence-corrected chi connectivity index (χ0v) is 16.1. The zero-order chi connectivity index (χ0) is 20.4. The van der Waals surface area contributed by atoms with Gasteiger partial charge in [0, 0.05) is 42.8 Å². The number of Topliss-reactive ketones (excluding diaryl/α,β-unsaturated/α-hetero) is 1. The molecule has 2 aromatic carbocycles. The fraction of sp³-hybridized carbons (Fsp3) is 0.217. The Bertz CT molecular complexity index is 1080. The number of benzene rings is 2. The van der Waals surface area contributed by atoms with Gasteiger partial charge >= 0.3 is 0 Å². The van der Waals surface area contributed by atoms with Crippen molar-refractivity contribution in [1.82, 2.24) is 14.8 Å². The van der Waals surface area contributed by atoms with Crippen molar-refractivity contribution >= 4 is 28.4 Å². The Morgan fingerprint density at radius 3 is 2.34 bits per heavy atom. The predicted molar refractivity (Wildman–Crippen MR) is 110 cm³/mol. The first-order valence-corrected chi connectivity index (χ1v) is 9.59. The fourth-order valence-electron chi connectivity index (χ4n) is 3.65. The number of hydrogen-bond acceptors (Lipinski definition) is 4. The summed E-state index contributed by atoms with van der Waals surface area (Å²) >= 11 is 0. The fourth-order valence-corrected chi connectivity index (χ4v) is 3.65. The smallest absolute Gasteiger partial charge is 0.296 e. The zero-order valence-electron chi connectivity index (χ0n) is 16.1.